The molecule has 0 amide bonds. The van der Waals surface area contributed by atoms with Gasteiger partial charge in [0.2, 0.25) is 10.0 Å². The molecule has 1 saturated heterocycles. The molecule has 18 heavy (non-hydrogen) atoms. The summed E-state index contributed by atoms with van der Waals surface area (Å²) in [6, 6.07) is 0.356. The zero-order chi connectivity index (χ0) is 13.6. The summed E-state index contributed by atoms with van der Waals surface area (Å²) in [6.45, 7) is 6.13. The van der Waals surface area contributed by atoms with E-state index < -0.39 is 10.0 Å². The van der Waals surface area contributed by atoms with E-state index in [1.54, 1.807) is 4.31 Å². The Balaban J connectivity index is 2.54. The van der Waals surface area contributed by atoms with Crippen molar-refractivity contribution in [2.24, 2.45) is 5.92 Å². The molecule has 1 aliphatic heterocycles. The third-order valence-electron chi connectivity index (χ3n) is 3.67. The van der Waals surface area contributed by atoms with Gasteiger partial charge in [-0.15, -0.1) is 0 Å². The van der Waals surface area contributed by atoms with Gasteiger partial charge in [0.05, 0.1) is 12.4 Å². The van der Waals surface area contributed by atoms with Crippen LogP contribution in [-0.4, -0.2) is 57.9 Å². The molecular formula is C12H26N2O3S. The van der Waals surface area contributed by atoms with E-state index >= 15 is 0 Å². The van der Waals surface area contributed by atoms with E-state index in [1.165, 1.54) is 0 Å². The molecule has 0 aromatic heterocycles. The van der Waals surface area contributed by atoms with Crippen LogP contribution in [-0.2, 0) is 14.8 Å². The minimum Gasteiger partial charge on any atom is -0.381 e. The molecule has 1 rings (SSSR count). The summed E-state index contributed by atoms with van der Waals surface area (Å²) < 4.78 is 31.1. The predicted octanol–water partition coefficient (Wildman–Crippen LogP) is 0.673. The van der Waals surface area contributed by atoms with Crippen molar-refractivity contribution in [2.75, 3.05) is 39.1 Å². The highest BCUT2D eigenvalue weighted by Crippen LogP contribution is 2.22. The average molecular weight is 278 g/mol. The van der Waals surface area contributed by atoms with Gasteiger partial charge >= 0.3 is 0 Å². The van der Waals surface area contributed by atoms with Crippen molar-refractivity contribution in [2.45, 2.75) is 32.7 Å². The third-order valence-corrected chi connectivity index (χ3v) is 5.47. The van der Waals surface area contributed by atoms with E-state index in [0.29, 0.717) is 38.3 Å². The summed E-state index contributed by atoms with van der Waals surface area (Å²) in [5, 5.41) is 3.21. The van der Waals surface area contributed by atoms with Gasteiger partial charge in [-0.25, -0.2) is 12.7 Å². The number of nitrogens with one attached hydrogen (secondary N) is 1. The SMILES string of the molecule is CCOCCS(=O)(=O)N1CCCC(C(C)NC)C1. The van der Waals surface area contributed by atoms with Crippen LogP contribution >= 0.6 is 0 Å². The molecule has 1 aliphatic rings. The number of hydrogen-bond donors (Lipinski definition) is 1. The Bertz CT molecular complexity index is 332. The molecule has 6 heteroatoms. The monoisotopic (exact) mass is 278 g/mol. The van der Waals surface area contributed by atoms with Crippen LogP contribution in [0.1, 0.15) is 26.7 Å². The van der Waals surface area contributed by atoms with Gasteiger partial charge in [-0.2, -0.15) is 0 Å². The van der Waals surface area contributed by atoms with Gasteiger partial charge < -0.3 is 10.1 Å². The van der Waals surface area contributed by atoms with Gasteiger partial charge in [0.1, 0.15) is 0 Å². The van der Waals surface area contributed by atoms with Gasteiger partial charge in [0.25, 0.3) is 0 Å². The first-order chi connectivity index (χ1) is 8.51. The normalized spacial score (nSPS) is 24.1. The molecule has 5 nitrogen and oxygen atoms in total. The number of sulfonamides is 1. The van der Waals surface area contributed by atoms with Gasteiger partial charge in [-0.05, 0) is 39.7 Å². The summed E-state index contributed by atoms with van der Waals surface area (Å²) in [7, 11) is -1.23. The summed E-state index contributed by atoms with van der Waals surface area (Å²) in [6.07, 6.45) is 2.05. The van der Waals surface area contributed by atoms with Crippen LogP contribution in [0.5, 0.6) is 0 Å². The molecule has 0 aromatic rings. The molecule has 0 aliphatic carbocycles. The highest BCUT2D eigenvalue weighted by Gasteiger charge is 2.30. The molecule has 0 aromatic carbocycles. The second-order valence-corrected chi connectivity index (χ2v) is 6.94. The number of piperidine rings is 1. The Morgan fingerprint density at radius 2 is 2.22 bits per heavy atom. The molecule has 2 unspecified atom stereocenters. The van der Waals surface area contributed by atoms with Gasteiger partial charge in [0.15, 0.2) is 0 Å². The number of nitrogens with zero attached hydrogens (tertiary/aromatic N) is 1. The minimum atomic E-state index is -3.15. The quantitative estimate of drug-likeness (QED) is 0.696. The maximum absolute atomic E-state index is 12.1. The lowest BCUT2D eigenvalue weighted by molar-refractivity contribution is 0.161. The van der Waals surface area contributed by atoms with E-state index in [0.717, 1.165) is 12.8 Å². The summed E-state index contributed by atoms with van der Waals surface area (Å²) >= 11 is 0. The zero-order valence-electron chi connectivity index (χ0n) is 11.7. The molecule has 1 heterocycles. The highest BCUT2D eigenvalue weighted by molar-refractivity contribution is 7.89. The van der Waals surface area contributed by atoms with Crippen molar-refractivity contribution >= 4 is 10.0 Å². The third kappa shape index (κ3) is 4.50. The lowest BCUT2D eigenvalue weighted by Crippen LogP contribution is -2.46. The zero-order valence-corrected chi connectivity index (χ0v) is 12.5. The molecule has 0 bridgehead atoms. The van der Waals surface area contributed by atoms with Crippen LogP contribution in [0.3, 0.4) is 0 Å². The fourth-order valence-electron chi connectivity index (χ4n) is 2.31. The number of ether oxygens (including phenoxy) is 1. The maximum Gasteiger partial charge on any atom is 0.216 e. The Morgan fingerprint density at radius 3 is 2.83 bits per heavy atom. The predicted molar refractivity (Wildman–Crippen MR) is 73.1 cm³/mol. The van der Waals surface area contributed by atoms with E-state index in [4.69, 9.17) is 4.74 Å². The molecule has 0 spiro atoms. The Labute approximate surface area is 111 Å². The summed E-state index contributed by atoms with van der Waals surface area (Å²) in [5.74, 6) is 0.507. The van der Waals surface area contributed by atoms with Crippen LogP contribution in [0.25, 0.3) is 0 Å². The topological polar surface area (TPSA) is 58.6 Å². The summed E-state index contributed by atoms with van der Waals surface area (Å²) in [5.41, 5.74) is 0. The fourth-order valence-corrected chi connectivity index (χ4v) is 3.72. The molecule has 1 fully saturated rings. The van der Waals surface area contributed by atoms with Crippen LogP contribution in [0.15, 0.2) is 0 Å². The van der Waals surface area contributed by atoms with Gasteiger partial charge in [0, 0.05) is 25.7 Å². The Morgan fingerprint density at radius 1 is 1.50 bits per heavy atom. The average Bonchev–Trinajstić information content (AvgIpc) is 2.38. The van der Waals surface area contributed by atoms with Crippen LogP contribution in [0.4, 0.5) is 0 Å². The van der Waals surface area contributed by atoms with Crippen molar-refractivity contribution in [3.63, 3.8) is 0 Å². The van der Waals surface area contributed by atoms with Crippen LogP contribution in [0.2, 0.25) is 0 Å². The number of rotatable bonds is 7. The minimum absolute atomic E-state index is 0.0987. The first-order valence-electron chi connectivity index (χ1n) is 6.74. The van der Waals surface area contributed by atoms with Crippen molar-refractivity contribution < 1.29 is 13.2 Å². The van der Waals surface area contributed by atoms with E-state index in [-0.39, 0.29) is 5.75 Å². The van der Waals surface area contributed by atoms with Crippen molar-refractivity contribution in [3.8, 4) is 0 Å². The van der Waals surface area contributed by atoms with Crippen LogP contribution in [0, 0.1) is 5.92 Å². The van der Waals surface area contributed by atoms with E-state index in [9.17, 15) is 8.42 Å². The first kappa shape index (κ1) is 15.9. The molecular weight excluding hydrogens is 252 g/mol. The fraction of sp³-hybridized carbons (Fsp3) is 1.00. The second-order valence-electron chi connectivity index (χ2n) is 4.85. The standard InChI is InChI=1S/C12H26N2O3S/c1-4-17-8-9-18(15,16)14-7-5-6-12(10-14)11(2)13-3/h11-13H,4-10H2,1-3H3. The van der Waals surface area contributed by atoms with Crippen molar-refractivity contribution in [1.29, 1.82) is 0 Å². The lowest BCUT2D eigenvalue weighted by Gasteiger charge is -2.34. The van der Waals surface area contributed by atoms with Gasteiger partial charge in [-0.3, -0.25) is 0 Å². The van der Waals surface area contributed by atoms with E-state index in [1.807, 2.05) is 14.0 Å². The molecule has 0 radical (unpaired) electrons. The molecule has 2 atom stereocenters. The van der Waals surface area contributed by atoms with Gasteiger partial charge in [-0.1, -0.05) is 0 Å². The van der Waals surface area contributed by atoms with Crippen LogP contribution < -0.4 is 5.32 Å². The lowest BCUT2D eigenvalue weighted by atomic mass is 9.93. The Kier molecular flexibility index (Phi) is 6.55. The summed E-state index contributed by atoms with van der Waals surface area (Å²) in [4.78, 5) is 0. The second kappa shape index (κ2) is 7.43. The highest BCUT2D eigenvalue weighted by atomic mass is 32.2. The van der Waals surface area contributed by atoms with Crippen molar-refractivity contribution in [1.82, 2.24) is 9.62 Å². The number of hydrogen-bond acceptors (Lipinski definition) is 4. The molecule has 1 N–H and O–H groups in total. The van der Waals surface area contributed by atoms with Crippen molar-refractivity contribution in [3.05, 3.63) is 0 Å². The first-order valence-corrected chi connectivity index (χ1v) is 8.35. The Hall–Kier alpha value is -0.170. The smallest absolute Gasteiger partial charge is 0.216 e. The molecule has 108 valence electrons. The molecule has 0 saturated carbocycles. The largest absolute Gasteiger partial charge is 0.381 e. The van der Waals surface area contributed by atoms with E-state index in [2.05, 4.69) is 12.2 Å². The maximum atomic E-state index is 12.1.